The summed E-state index contributed by atoms with van der Waals surface area (Å²) in [5.74, 6) is -0.234. The molecule has 0 spiro atoms. The molecule has 1 atom stereocenters. The van der Waals surface area contributed by atoms with Gasteiger partial charge in [-0.2, -0.15) is 0 Å². The number of aliphatic hydroxyl groups is 1. The van der Waals surface area contributed by atoms with E-state index in [9.17, 15) is 9.90 Å². The number of carbonyl (C=O) groups is 1. The lowest BCUT2D eigenvalue weighted by Crippen LogP contribution is -2.33. The van der Waals surface area contributed by atoms with Crippen LogP contribution in [0.4, 0.5) is 0 Å². The standard InChI is InChI=1S/C19H29NO4/c1-4-20(16(2)3)13-18(21)15-23-12-8-11-19(22)24-14-17-9-6-5-7-10-17/h5-7,9-10,18,21H,2,4,8,11-15H2,1,3H3. The van der Waals surface area contributed by atoms with E-state index in [0.29, 0.717) is 32.6 Å². The van der Waals surface area contributed by atoms with E-state index >= 15 is 0 Å². The summed E-state index contributed by atoms with van der Waals surface area (Å²) in [4.78, 5) is 13.6. The first-order chi connectivity index (χ1) is 11.5. The van der Waals surface area contributed by atoms with Crippen LogP contribution < -0.4 is 0 Å². The maximum Gasteiger partial charge on any atom is 0.306 e. The van der Waals surface area contributed by atoms with Crippen molar-refractivity contribution in [3.05, 3.63) is 48.2 Å². The molecular formula is C19H29NO4. The molecule has 1 rings (SSSR count). The van der Waals surface area contributed by atoms with Crippen LogP contribution in [0.15, 0.2) is 42.6 Å². The Morgan fingerprint density at radius 1 is 1.33 bits per heavy atom. The number of aliphatic hydroxyl groups excluding tert-OH is 1. The van der Waals surface area contributed by atoms with E-state index in [1.807, 2.05) is 49.1 Å². The highest BCUT2D eigenvalue weighted by Gasteiger charge is 2.10. The summed E-state index contributed by atoms with van der Waals surface area (Å²) in [5.41, 5.74) is 1.90. The molecule has 1 aromatic rings. The van der Waals surface area contributed by atoms with Gasteiger partial charge in [-0.05, 0) is 25.8 Å². The van der Waals surface area contributed by atoms with Crippen LogP contribution in [0.1, 0.15) is 32.3 Å². The van der Waals surface area contributed by atoms with Gasteiger partial charge in [0, 0.05) is 31.8 Å². The van der Waals surface area contributed by atoms with Gasteiger partial charge in [-0.3, -0.25) is 4.79 Å². The first kappa shape index (κ1) is 20.2. The van der Waals surface area contributed by atoms with E-state index in [-0.39, 0.29) is 12.6 Å². The van der Waals surface area contributed by atoms with Crippen molar-refractivity contribution in [2.45, 2.75) is 39.4 Å². The zero-order valence-corrected chi connectivity index (χ0v) is 14.7. The number of ether oxygens (including phenoxy) is 2. The quantitative estimate of drug-likeness (QED) is 0.470. The van der Waals surface area contributed by atoms with Crippen molar-refractivity contribution in [1.82, 2.24) is 4.90 Å². The average molecular weight is 335 g/mol. The number of esters is 1. The first-order valence-corrected chi connectivity index (χ1v) is 8.38. The normalized spacial score (nSPS) is 11.8. The molecule has 5 heteroatoms. The van der Waals surface area contributed by atoms with Gasteiger partial charge in [0.15, 0.2) is 0 Å². The first-order valence-electron chi connectivity index (χ1n) is 8.38. The van der Waals surface area contributed by atoms with Crippen molar-refractivity contribution in [3.8, 4) is 0 Å². The SMILES string of the molecule is C=C(C)N(CC)CC(O)COCCCC(=O)OCc1ccccc1. The Labute approximate surface area is 144 Å². The van der Waals surface area contributed by atoms with Crippen LogP contribution in [-0.2, 0) is 20.9 Å². The van der Waals surface area contributed by atoms with E-state index in [2.05, 4.69) is 6.58 Å². The van der Waals surface area contributed by atoms with Crippen LogP contribution in [0.3, 0.4) is 0 Å². The van der Waals surface area contributed by atoms with E-state index in [1.54, 1.807) is 0 Å². The third-order valence-corrected chi connectivity index (χ3v) is 3.58. The Balaban J connectivity index is 2.06. The van der Waals surface area contributed by atoms with Gasteiger partial charge >= 0.3 is 5.97 Å². The van der Waals surface area contributed by atoms with Crippen LogP contribution in [0.25, 0.3) is 0 Å². The van der Waals surface area contributed by atoms with E-state index in [4.69, 9.17) is 9.47 Å². The van der Waals surface area contributed by atoms with Crippen LogP contribution >= 0.6 is 0 Å². The minimum Gasteiger partial charge on any atom is -0.461 e. The molecule has 0 aliphatic heterocycles. The maximum atomic E-state index is 11.6. The molecule has 0 radical (unpaired) electrons. The zero-order valence-electron chi connectivity index (χ0n) is 14.7. The predicted octanol–water partition coefficient (Wildman–Crippen LogP) is 2.74. The Hall–Kier alpha value is -1.85. The Morgan fingerprint density at radius 2 is 2.04 bits per heavy atom. The molecule has 0 aliphatic rings. The minimum atomic E-state index is -0.563. The van der Waals surface area contributed by atoms with E-state index in [1.165, 1.54) is 0 Å². The van der Waals surface area contributed by atoms with E-state index < -0.39 is 6.10 Å². The molecule has 1 N–H and O–H groups in total. The van der Waals surface area contributed by atoms with Crippen molar-refractivity contribution < 1.29 is 19.4 Å². The summed E-state index contributed by atoms with van der Waals surface area (Å²) in [6, 6.07) is 9.59. The summed E-state index contributed by atoms with van der Waals surface area (Å²) < 4.78 is 10.6. The van der Waals surface area contributed by atoms with Crippen molar-refractivity contribution in [2.75, 3.05) is 26.3 Å². The Kier molecular flexibility index (Phi) is 9.80. The highest BCUT2D eigenvalue weighted by Crippen LogP contribution is 2.04. The molecule has 0 aliphatic carbocycles. The van der Waals surface area contributed by atoms with Crippen molar-refractivity contribution in [2.24, 2.45) is 0 Å². The molecule has 134 valence electrons. The second kappa shape index (κ2) is 11.6. The smallest absolute Gasteiger partial charge is 0.306 e. The van der Waals surface area contributed by atoms with Gasteiger partial charge in [-0.15, -0.1) is 0 Å². The maximum absolute atomic E-state index is 11.6. The Morgan fingerprint density at radius 3 is 2.67 bits per heavy atom. The third-order valence-electron chi connectivity index (χ3n) is 3.58. The summed E-state index contributed by atoms with van der Waals surface area (Å²) in [5, 5.41) is 9.92. The van der Waals surface area contributed by atoms with Gasteiger partial charge in [0.25, 0.3) is 0 Å². The monoisotopic (exact) mass is 335 g/mol. The summed E-state index contributed by atoms with van der Waals surface area (Å²) in [6.45, 7) is 10.1. The van der Waals surface area contributed by atoms with Gasteiger partial charge < -0.3 is 19.5 Å². The molecule has 0 heterocycles. The lowest BCUT2D eigenvalue weighted by Gasteiger charge is -2.25. The molecule has 0 bridgehead atoms. The fourth-order valence-electron chi connectivity index (χ4n) is 2.21. The highest BCUT2D eigenvalue weighted by atomic mass is 16.5. The molecule has 0 saturated heterocycles. The van der Waals surface area contributed by atoms with Crippen molar-refractivity contribution in [1.29, 1.82) is 0 Å². The Bertz CT molecular complexity index is 489. The highest BCUT2D eigenvalue weighted by molar-refractivity contribution is 5.69. The fourth-order valence-corrected chi connectivity index (χ4v) is 2.21. The fraction of sp³-hybridized carbons (Fsp3) is 0.526. The molecule has 0 saturated carbocycles. The number of likely N-dealkylation sites (N-methyl/N-ethyl adjacent to an activating group) is 1. The number of carbonyl (C=O) groups excluding carboxylic acids is 1. The second-order valence-corrected chi connectivity index (χ2v) is 5.75. The summed E-state index contributed by atoms with van der Waals surface area (Å²) in [6.07, 6.45) is 0.334. The van der Waals surface area contributed by atoms with Gasteiger partial charge in [-0.25, -0.2) is 0 Å². The number of hydrogen-bond donors (Lipinski definition) is 1. The summed E-state index contributed by atoms with van der Waals surface area (Å²) >= 11 is 0. The largest absolute Gasteiger partial charge is 0.461 e. The number of allylic oxidation sites excluding steroid dienone is 1. The average Bonchev–Trinajstić information content (AvgIpc) is 2.58. The van der Waals surface area contributed by atoms with Crippen LogP contribution in [-0.4, -0.2) is 48.4 Å². The van der Waals surface area contributed by atoms with Gasteiger partial charge in [-0.1, -0.05) is 36.9 Å². The number of hydrogen-bond acceptors (Lipinski definition) is 5. The number of nitrogens with zero attached hydrogens (tertiary/aromatic N) is 1. The predicted molar refractivity (Wildman–Crippen MR) is 94.4 cm³/mol. The van der Waals surface area contributed by atoms with Crippen LogP contribution in [0.5, 0.6) is 0 Å². The lowest BCUT2D eigenvalue weighted by atomic mass is 10.2. The van der Waals surface area contributed by atoms with Crippen LogP contribution in [0, 0.1) is 0 Å². The zero-order chi connectivity index (χ0) is 17.8. The molecule has 24 heavy (non-hydrogen) atoms. The number of rotatable bonds is 12. The lowest BCUT2D eigenvalue weighted by molar-refractivity contribution is -0.145. The topological polar surface area (TPSA) is 59.0 Å². The molecule has 0 fully saturated rings. The molecule has 1 unspecified atom stereocenters. The molecule has 0 amide bonds. The molecule has 1 aromatic carbocycles. The van der Waals surface area contributed by atoms with Crippen LogP contribution in [0.2, 0.25) is 0 Å². The molecule has 0 aromatic heterocycles. The third kappa shape index (κ3) is 8.70. The van der Waals surface area contributed by atoms with Gasteiger partial charge in [0.2, 0.25) is 0 Å². The van der Waals surface area contributed by atoms with Crippen molar-refractivity contribution >= 4 is 5.97 Å². The number of benzene rings is 1. The van der Waals surface area contributed by atoms with Gasteiger partial charge in [0.1, 0.15) is 6.61 Å². The summed E-state index contributed by atoms with van der Waals surface area (Å²) in [7, 11) is 0. The molecular weight excluding hydrogens is 306 g/mol. The van der Waals surface area contributed by atoms with Gasteiger partial charge in [0.05, 0.1) is 12.7 Å². The van der Waals surface area contributed by atoms with Crippen molar-refractivity contribution in [3.63, 3.8) is 0 Å². The second-order valence-electron chi connectivity index (χ2n) is 5.75. The minimum absolute atomic E-state index is 0.234. The van der Waals surface area contributed by atoms with E-state index in [0.717, 1.165) is 17.8 Å². The molecule has 5 nitrogen and oxygen atoms in total.